The summed E-state index contributed by atoms with van der Waals surface area (Å²) >= 11 is 0. The molecule has 1 amide bonds. The second-order valence-electron chi connectivity index (χ2n) is 4.98. The molecular weight excluding hydrogens is 298 g/mol. The Morgan fingerprint density at radius 3 is 2.13 bits per heavy atom. The standard InChI is InChI=1S/C17H15NO5/c1-10(11-5-3-2-4-6-11)18-15(19)13-8-7-12(16(20)21)9-14(13)17(22)23/h2-10H,1H3,(H,18,19)(H,20,21)(H,22,23). The monoisotopic (exact) mass is 313 g/mol. The molecule has 0 aliphatic carbocycles. The lowest BCUT2D eigenvalue weighted by Crippen LogP contribution is -2.28. The lowest BCUT2D eigenvalue weighted by molar-refractivity contribution is 0.0690. The molecule has 0 saturated carbocycles. The number of carboxylic acid groups (broad SMARTS) is 2. The number of hydrogen-bond acceptors (Lipinski definition) is 3. The van der Waals surface area contributed by atoms with Crippen molar-refractivity contribution in [2.75, 3.05) is 0 Å². The summed E-state index contributed by atoms with van der Waals surface area (Å²) in [6, 6.07) is 12.3. The summed E-state index contributed by atoms with van der Waals surface area (Å²) in [5.41, 5.74) is 0.267. The second-order valence-corrected chi connectivity index (χ2v) is 4.98. The molecule has 2 rings (SSSR count). The summed E-state index contributed by atoms with van der Waals surface area (Å²) in [4.78, 5) is 34.5. The van der Waals surface area contributed by atoms with Crippen LogP contribution in [0.1, 0.15) is 49.6 Å². The predicted molar refractivity (Wildman–Crippen MR) is 82.7 cm³/mol. The van der Waals surface area contributed by atoms with Gasteiger partial charge in [0.1, 0.15) is 0 Å². The van der Waals surface area contributed by atoms with Crippen LogP contribution in [-0.2, 0) is 0 Å². The summed E-state index contributed by atoms with van der Waals surface area (Å²) < 4.78 is 0. The molecule has 6 heteroatoms. The highest BCUT2D eigenvalue weighted by molar-refractivity contribution is 6.06. The van der Waals surface area contributed by atoms with Crippen LogP contribution >= 0.6 is 0 Å². The van der Waals surface area contributed by atoms with Crippen LogP contribution in [0, 0.1) is 0 Å². The summed E-state index contributed by atoms with van der Waals surface area (Å²) in [6.07, 6.45) is 0. The molecule has 1 atom stereocenters. The highest BCUT2D eigenvalue weighted by Crippen LogP contribution is 2.16. The van der Waals surface area contributed by atoms with Crippen molar-refractivity contribution < 1.29 is 24.6 Å². The third kappa shape index (κ3) is 3.74. The molecule has 0 fully saturated rings. The Balaban J connectivity index is 2.28. The van der Waals surface area contributed by atoms with Crippen molar-refractivity contribution in [2.24, 2.45) is 0 Å². The zero-order chi connectivity index (χ0) is 17.0. The number of amides is 1. The van der Waals surface area contributed by atoms with Crippen LogP contribution in [0.25, 0.3) is 0 Å². The smallest absolute Gasteiger partial charge is 0.336 e. The van der Waals surface area contributed by atoms with Crippen LogP contribution in [-0.4, -0.2) is 28.1 Å². The molecule has 0 spiro atoms. The highest BCUT2D eigenvalue weighted by Gasteiger charge is 2.20. The fourth-order valence-electron chi connectivity index (χ4n) is 2.15. The van der Waals surface area contributed by atoms with Crippen molar-refractivity contribution in [3.63, 3.8) is 0 Å². The number of benzene rings is 2. The summed E-state index contributed by atoms with van der Waals surface area (Å²) in [5.74, 6) is -3.18. The van der Waals surface area contributed by atoms with Crippen molar-refractivity contribution in [3.8, 4) is 0 Å². The Hall–Kier alpha value is -3.15. The number of carboxylic acids is 2. The number of carbonyl (C=O) groups excluding carboxylic acids is 1. The fourth-order valence-corrected chi connectivity index (χ4v) is 2.15. The molecular formula is C17H15NO5. The topological polar surface area (TPSA) is 104 Å². The molecule has 0 bridgehead atoms. The summed E-state index contributed by atoms with van der Waals surface area (Å²) in [7, 11) is 0. The van der Waals surface area contributed by atoms with Gasteiger partial charge in [0.05, 0.1) is 22.7 Å². The Labute approximate surface area is 132 Å². The van der Waals surface area contributed by atoms with E-state index < -0.39 is 17.8 Å². The van der Waals surface area contributed by atoms with Gasteiger partial charge in [-0.25, -0.2) is 9.59 Å². The summed E-state index contributed by atoms with van der Waals surface area (Å²) in [6.45, 7) is 1.78. The maximum absolute atomic E-state index is 12.3. The van der Waals surface area contributed by atoms with Crippen LogP contribution in [0.3, 0.4) is 0 Å². The number of rotatable bonds is 5. The van der Waals surface area contributed by atoms with Gasteiger partial charge < -0.3 is 15.5 Å². The Morgan fingerprint density at radius 2 is 1.57 bits per heavy atom. The van der Waals surface area contributed by atoms with Gasteiger partial charge in [0.15, 0.2) is 0 Å². The number of aromatic carboxylic acids is 2. The average Bonchev–Trinajstić information content (AvgIpc) is 2.54. The van der Waals surface area contributed by atoms with Crippen LogP contribution in [0.4, 0.5) is 0 Å². The molecule has 0 aliphatic heterocycles. The molecule has 0 radical (unpaired) electrons. The number of hydrogen-bond donors (Lipinski definition) is 3. The van der Waals surface area contributed by atoms with Crippen molar-refractivity contribution in [2.45, 2.75) is 13.0 Å². The van der Waals surface area contributed by atoms with E-state index in [2.05, 4.69) is 5.32 Å². The van der Waals surface area contributed by atoms with E-state index in [-0.39, 0.29) is 22.7 Å². The first-order valence-electron chi connectivity index (χ1n) is 6.86. The van der Waals surface area contributed by atoms with Gasteiger partial charge in [0.2, 0.25) is 0 Å². The largest absolute Gasteiger partial charge is 0.478 e. The molecule has 3 N–H and O–H groups in total. The molecule has 0 aliphatic rings. The van der Waals surface area contributed by atoms with Crippen LogP contribution in [0.15, 0.2) is 48.5 Å². The molecule has 2 aromatic rings. The van der Waals surface area contributed by atoms with Crippen LogP contribution in [0.2, 0.25) is 0 Å². The molecule has 1 unspecified atom stereocenters. The van der Waals surface area contributed by atoms with Crippen LogP contribution < -0.4 is 5.32 Å². The molecule has 118 valence electrons. The van der Waals surface area contributed by atoms with Crippen molar-refractivity contribution >= 4 is 17.8 Å². The first-order chi connectivity index (χ1) is 10.9. The normalized spacial score (nSPS) is 11.5. The molecule has 23 heavy (non-hydrogen) atoms. The van der Waals surface area contributed by atoms with Gasteiger partial charge in [0, 0.05) is 0 Å². The van der Waals surface area contributed by atoms with Gasteiger partial charge in [-0.1, -0.05) is 30.3 Å². The van der Waals surface area contributed by atoms with E-state index in [4.69, 9.17) is 5.11 Å². The highest BCUT2D eigenvalue weighted by atomic mass is 16.4. The zero-order valence-electron chi connectivity index (χ0n) is 12.3. The van der Waals surface area contributed by atoms with E-state index in [0.29, 0.717) is 0 Å². The third-order valence-corrected chi connectivity index (χ3v) is 3.39. The maximum atomic E-state index is 12.3. The molecule has 6 nitrogen and oxygen atoms in total. The van der Waals surface area contributed by atoms with E-state index in [9.17, 15) is 19.5 Å². The third-order valence-electron chi connectivity index (χ3n) is 3.39. The van der Waals surface area contributed by atoms with Gasteiger partial charge >= 0.3 is 11.9 Å². The lowest BCUT2D eigenvalue weighted by Gasteiger charge is -2.15. The van der Waals surface area contributed by atoms with Crippen molar-refractivity contribution in [3.05, 3.63) is 70.8 Å². The minimum absolute atomic E-state index is 0.0784. The van der Waals surface area contributed by atoms with E-state index >= 15 is 0 Å². The van der Waals surface area contributed by atoms with E-state index in [1.807, 2.05) is 30.3 Å². The van der Waals surface area contributed by atoms with Gasteiger partial charge in [-0.05, 0) is 30.7 Å². The second kappa shape index (κ2) is 6.74. The van der Waals surface area contributed by atoms with Gasteiger partial charge in [-0.3, -0.25) is 4.79 Å². The van der Waals surface area contributed by atoms with E-state index in [0.717, 1.165) is 11.6 Å². The molecule has 0 saturated heterocycles. The predicted octanol–water partition coefficient (Wildman–Crippen LogP) is 2.57. The van der Waals surface area contributed by atoms with E-state index in [1.54, 1.807) is 6.92 Å². The molecule has 0 aromatic heterocycles. The molecule has 2 aromatic carbocycles. The molecule has 0 heterocycles. The van der Waals surface area contributed by atoms with Gasteiger partial charge in [0.25, 0.3) is 5.91 Å². The Bertz CT molecular complexity index is 755. The van der Waals surface area contributed by atoms with Crippen molar-refractivity contribution in [1.29, 1.82) is 0 Å². The number of nitrogens with one attached hydrogen (secondary N) is 1. The minimum atomic E-state index is -1.36. The van der Waals surface area contributed by atoms with Crippen molar-refractivity contribution in [1.82, 2.24) is 5.32 Å². The average molecular weight is 313 g/mol. The Kier molecular flexibility index (Phi) is 4.75. The SMILES string of the molecule is CC(NC(=O)c1ccc(C(=O)O)cc1C(=O)O)c1ccccc1. The maximum Gasteiger partial charge on any atom is 0.336 e. The summed E-state index contributed by atoms with van der Waals surface area (Å²) in [5, 5.41) is 20.8. The van der Waals surface area contributed by atoms with Crippen LogP contribution in [0.5, 0.6) is 0 Å². The first-order valence-corrected chi connectivity index (χ1v) is 6.86. The minimum Gasteiger partial charge on any atom is -0.478 e. The van der Waals surface area contributed by atoms with Gasteiger partial charge in [-0.15, -0.1) is 0 Å². The quantitative estimate of drug-likeness (QED) is 0.787. The first kappa shape index (κ1) is 16.2. The van der Waals surface area contributed by atoms with E-state index in [1.165, 1.54) is 12.1 Å². The lowest BCUT2D eigenvalue weighted by atomic mass is 10.0. The number of carbonyl (C=O) groups is 3. The van der Waals surface area contributed by atoms with Gasteiger partial charge in [-0.2, -0.15) is 0 Å². The zero-order valence-corrected chi connectivity index (χ0v) is 12.3. The Morgan fingerprint density at radius 1 is 0.913 bits per heavy atom. The fraction of sp³-hybridized carbons (Fsp3) is 0.118.